The van der Waals surface area contributed by atoms with E-state index in [1.807, 2.05) is 39.3 Å². The van der Waals surface area contributed by atoms with E-state index in [4.69, 9.17) is 9.84 Å². The zero-order chi connectivity index (χ0) is 20.1. The fourth-order valence-electron chi connectivity index (χ4n) is 2.50. The summed E-state index contributed by atoms with van der Waals surface area (Å²) >= 11 is 0. The minimum absolute atomic E-state index is 0.0558. The highest BCUT2D eigenvalue weighted by Gasteiger charge is 2.27. The molecule has 2 rings (SSSR count). The van der Waals surface area contributed by atoms with Crippen molar-refractivity contribution >= 4 is 16.0 Å². The molecule has 0 saturated carbocycles. The molecule has 2 N–H and O–H groups in total. The fraction of sp³-hybridized carbons (Fsp3) is 0.333. The van der Waals surface area contributed by atoms with Gasteiger partial charge < -0.3 is 14.3 Å². The van der Waals surface area contributed by atoms with E-state index in [1.165, 1.54) is 18.3 Å². The number of para-hydroxylation sites is 1. The molecule has 0 fully saturated rings. The molecule has 0 aliphatic carbocycles. The number of rotatable bonds is 9. The van der Waals surface area contributed by atoms with Crippen LogP contribution < -0.4 is 9.46 Å². The summed E-state index contributed by atoms with van der Waals surface area (Å²) in [6.45, 7) is 0.328. The average molecular weight is 394 g/mol. The number of carboxylic acids is 1. The van der Waals surface area contributed by atoms with Crippen molar-refractivity contribution in [2.75, 3.05) is 27.7 Å². The molecule has 146 valence electrons. The van der Waals surface area contributed by atoms with Crippen LogP contribution in [0.2, 0.25) is 0 Å². The molecule has 0 radical (unpaired) electrons. The Balaban J connectivity index is 2.13. The number of quaternary nitrogens is 1. The summed E-state index contributed by atoms with van der Waals surface area (Å²) in [4.78, 5) is 15.0. The second kappa shape index (κ2) is 8.47. The molecule has 0 aliphatic heterocycles. The van der Waals surface area contributed by atoms with Crippen LogP contribution in [0, 0.1) is 0 Å². The third-order valence-electron chi connectivity index (χ3n) is 3.50. The van der Waals surface area contributed by atoms with Crippen LogP contribution in [-0.4, -0.2) is 62.7 Å². The number of carboxylic acid groups (broad SMARTS) is 1. The normalized spacial score (nSPS) is 13.1. The summed E-state index contributed by atoms with van der Waals surface area (Å²) in [7, 11) is 1.68. The molecular formula is C18H24N3O5S+. The van der Waals surface area contributed by atoms with Gasteiger partial charge in [-0.15, -0.1) is 0 Å². The van der Waals surface area contributed by atoms with Gasteiger partial charge in [-0.05, 0) is 18.2 Å². The molecule has 8 nitrogen and oxygen atoms in total. The molecule has 0 aliphatic rings. The van der Waals surface area contributed by atoms with Crippen molar-refractivity contribution in [3.8, 4) is 11.6 Å². The van der Waals surface area contributed by atoms with Crippen LogP contribution in [0.3, 0.4) is 0 Å². The monoisotopic (exact) mass is 394 g/mol. The number of hydrogen-bond donors (Lipinski definition) is 2. The van der Waals surface area contributed by atoms with Crippen LogP contribution in [0.1, 0.15) is 6.42 Å². The van der Waals surface area contributed by atoms with E-state index < -0.39 is 22.0 Å². The lowest BCUT2D eigenvalue weighted by molar-refractivity contribution is -0.871. The van der Waals surface area contributed by atoms with E-state index in [-0.39, 0.29) is 17.2 Å². The van der Waals surface area contributed by atoms with Gasteiger partial charge in [0, 0.05) is 6.07 Å². The third-order valence-corrected chi connectivity index (χ3v) is 5.00. The van der Waals surface area contributed by atoms with Crippen LogP contribution in [0.5, 0.6) is 11.6 Å². The van der Waals surface area contributed by atoms with E-state index >= 15 is 0 Å². The second-order valence-corrected chi connectivity index (χ2v) is 8.85. The smallest absolute Gasteiger partial charge is 0.305 e. The summed E-state index contributed by atoms with van der Waals surface area (Å²) in [5.41, 5.74) is 0. The van der Waals surface area contributed by atoms with Crippen molar-refractivity contribution < 1.29 is 27.5 Å². The Kier molecular flexibility index (Phi) is 6.53. The highest BCUT2D eigenvalue weighted by atomic mass is 32.2. The number of carbonyl (C=O) groups is 1. The molecule has 0 saturated heterocycles. The standard InChI is InChI=1S/C18H23N3O5S/c1-21(2,3)13-14(11-18(22)23)20-27(24,25)16-9-10-17(19-12-16)26-15-7-5-4-6-8-15/h4-10,12,14,20H,11,13H2,1-3H3/p+1. The maximum Gasteiger partial charge on any atom is 0.305 e. The number of sulfonamides is 1. The molecule has 0 bridgehead atoms. The first-order chi connectivity index (χ1) is 12.5. The first-order valence-corrected chi connectivity index (χ1v) is 9.77. The topological polar surface area (TPSA) is 106 Å². The van der Waals surface area contributed by atoms with E-state index in [1.54, 1.807) is 12.1 Å². The summed E-state index contributed by atoms with van der Waals surface area (Å²) in [6.07, 6.45) is 0.877. The van der Waals surface area contributed by atoms with Gasteiger partial charge >= 0.3 is 5.97 Å². The van der Waals surface area contributed by atoms with Gasteiger partial charge in [-0.2, -0.15) is 0 Å². The first-order valence-electron chi connectivity index (χ1n) is 8.29. The average Bonchev–Trinajstić information content (AvgIpc) is 2.53. The predicted octanol–water partition coefficient (Wildman–Crippen LogP) is 1.70. The number of nitrogens with one attached hydrogen (secondary N) is 1. The largest absolute Gasteiger partial charge is 0.481 e. The van der Waals surface area contributed by atoms with E-state index in [9.17, 15) is 13.2 Å². The Hall–Kier alpha value is -2.49. The van der Waals surface area contributed by atoms with Crippen LogP contribution in [0.15, 0.2) is 53.6 Å². The van der Waals surface area contributed by atoms with Crippen LogP contribution in [0.25, 0.3) is 0 Å². The van der Waals surface area contributed by atoms with E-state index in [2.05, 4.69) is 9.71 Å². The quantitative estimate of drug-likeness (QED) is 0.627. The SMILES string of the molecule is C[N+](C)(C)CC(CC(=O)O)NS(=O)(=O)c1ccc(Oc2ccccc2)nc1. The lowest BCUT2D eigenvalue weighted by atomic mass is 10.2. The Morgan fingerprint density at radius 1 is 1.19 bits per heavy atom. The molecule has 0 spiro atoms. The third kappa shape index (κ3) is 6.97. The number of ether oxygens (including phenoxy) is 1. The summed E-state index contributed by atoms with van der Waals surface area (Å²) in [5, 5.41) is 9.05. The molecule has 1 aromatic carbocycles. The number of benzene rings is 1. The Bertz CT molecular complexity index is 862. The Labute approximate surface area is 159 Å². The van der Waals surface area contributed by atoms with Crippen molar-refractivity contribution in [2.45, 2.75) is 17.4 Å². The van der Waals surface area contributed by atoms with Gasteiger partial charge in [0.15, 0.2) is 0 Å². The molecule has 1 atom stereocenters. The molecule has 1 heterocycles. The van der Waals surface area contributed by atoms with Crippen molar-refractivity contribution in [3.63, 3.8) is 0 Å². The molecule has 1 unspecified atom stereocenters. The minimum Gasteiger partial charge on any atom is -0.481 e. The first kappa shape index (κ1) is 20.8. The molecule has 27 heavy (non-hydrogen) atoms. The van der Waals surface area contributed by atoms with Gasteiger partial charge in [0.05, 0.1) is 46.3 Å². The van der Waals surface area contributed by atoms with Gasteiger partial charge in [0.25, 0.3) is 0 Å². The number of pyridine rings is 1. The van der Waals surface area contributed by atoms with Crippen LogP contribution >= 0.6 is 0 Å². The van der Waals surface area contributed by atoms with E-state index in [0.717, 1.165) is 0 Å². The lowest BCUT2D eigenvalue weighted by Crippen LogP contribution is -2.49. The highest BCUT2D eigenvalue weighted by Crippen LogP contribution is 2.20. The van der Waals surface area contributed by atoms with Gasteiger partial charge in [-0.25, -0.2) is 18.1 Å². The van der Waals surface area contributed by atoms with Gasteiger partial charge in [0.1, 0.15) is 10.6 Å². The van der Waals surface area contributed by atoms with Crippen molar-refractivity contribution in [3.05, 3.63) is 48.7 Å². The fourth-order valence-corrected chi connectivity index (χ4v) is 3.67. The molecule has 1 aromatic heterocycles. The molecule has 0 amide bonds. The molecule has 9 heteroatoms. The highest BCUT2D eigenvalue weighted by molar-refractivity contribution is 7.89. The maximum atomic E-state index is 12.6. The summed E-state index contributed by atoms with van der Waals surface area (Å²) in [6, 6.07) is 11.1. The summed E-state index contributed by atoms with van der Waals surface area (Å²) in [5.74, 6) is -0.224. The summed E-state index contributed by atoms with van der Waals surface area (Å²) < 4.78 is 33.6. The van der Waals surface area contributed by atoms with Gasteiger partial charge in [-0.3, -0.25) is 4.79 Å². The lowest BCUT2D eigenvalue weighted by Gasteiger charge is -2.28. The predicted molar refractivity (Wildman–Crippen MR) is 100 cm³/mol. The van der Waals surface area contributed by atoms with Gasteiger partial charge in [0.2, 0.25) is 15.9 Å². The molecular weight excluding hydrogens is 370 g/mol. The Morgan fingerprint density at radius 2 is 1.85 bits per heavy atom. The van der Waals surface area contributed by atoms with Crippen molar-refractivity contribution in [1.82, 2.24) is 9.71 Å². The molecule has 2 aromatic rings. The zero-order valence-electron chi connectivity index (χ0n) is 15.5. The van der Waals surface area contributed by atoms with Crippen molar-refractivity contribution in [2.24, 2.45) is 0 Å². The number of hydrogen-bond acceptors (Lipinski definition) is 5. The number of likely N-dealkylation sites (N-methyl/N-ethyl adjacent to an activating group) is 1. The number of nitrogens with zero attached hydrogens (tertiary/aromatic N) is 2. The van der Waals surface area contributed by atoms with E-state index in [0.29, 0.717) is 16.8 Å². The van der Waals surface area contributed by atoms with Crippen LogP contribution in [0.4, 0.5) is 0 Å². The second-order valence-electron chi connectivity index (χ2n) is 7.14. The van der Waals surface area contributed by atoms with Crippen LogP contribution in [-0.2, 0) is 14.8 Å². The minimum atomic E-state index is -3.91. The number of aliphatic carboxylic acids is 1. The zero-order valence-corrected chi connectivity index (χ0v) is 16.3. The number of aromatic nitrogens is 1. The maximum absolute atomic E-state index is 12.6. The Morgan fingerprint density at radius 3 is 2.37 bits per heavy atom. The van der Waals surface area contributed by atoms with Gasteiger partial charge in [-0.1, -0.05) is 18.2 Å². The van der Waals surface area contributed by atoms with Crippen molar-refractivity contribution in [1.29, 1.82) is 0 Å².